The molecule has 0 aliphatic heterocycles. The number of carbonyl (C=O) groups is 1. The second-order valence-corrected chi connectivity index (χ2v) is 3.09. The van der Waals surface area contributed by atoms with E-state index in [1.807, 2.05) is 0 Å². The first-order valence-corrected chi connectivity index (χ1v) is 4.61. The van der Waals surface area contributed by atoms with E-state index in [4.69, 9.17) is 15.2 Å². The minimum absolute atomic E-state index is 0.0304. The third kappa shape index (κ3) is 3.03. The highest BCUT2D eigenvalue weighted by atomic mass is 19.1. The number of nitrogens with one attached hydrogen (secondary N) is 1. The summed E-state index contributed by atoms with van der Waals surface area (Å²) in [6, 6.07) is 3.26. The molecule has 0 spiro atoms. The zero-order chi connectivity index (χ0) is 12.1. The Labute approximate surface area is 91.7 Å². The molecule has 0 heterocycles. The smallest absolute Gasteiger partial charge is 0.423 e. The van der Waals surface area contributed by atoms with Crippen molar-refractivity contribution in [1.29, 1.82) is 0 Å². The lowest BCUT2D eigenvalue weighted by Crippen LogP contribution is -2.32. The van der Waals surface area contributed by atoms with Crippen LogP contribution < -0.4 is 10.8 Å². The largest absolute Gasteiger partial charge is 0.488 e. The fourth-order valence-corrected chi connectivity index (χ4v) is 1.14. The van der Waals surface area contributed by atoms with Gasteiger partial charge in [-0.3, -0.25) is 4.79 Å². The number of benzene rings is 1. The topological polar surface area (TPSA) is 89.8 Å². The van der Waals surface area contributed by atoms with Crippen LogP contribution >= 0.6 is 0 Å². The maximum Gasteiger partial charge on any atom is 0.488 e. The van der Waals surface area contributed by atoms with Crippen molar-refractivity contribution in [3.63, 3.8) is 0 Å². The van der Waals surface area contributed by atoms with Crippen LogP contribution in [0.5, 0.6) is 0 Å². The zero-order valence-electron chi connectivity index (χ0n) is 8.35. The number of rotatable bonds is 4. The zero-order valence-corrected chi connectivity index (χ0v) is 8.35. The summed E-state index contributed by atoms with van der Waals surface area (Å²) in [6.07, 6.45) is 0. The number of carbonyl (C=O) groups excluding carboxylic acids is 1. The van der Waals surface area contributed by atoms with E-state index >= 15 is 0 Å². The van der Waals surface area contributed by atoms with Gasteiger partial charge in [0.25, 0.3) is 5.91 Å². The fourth-order valence-electron chi connectivity index (χ4n) is 1.14. The highest BCUT2D eigenvalue weighted by Gasteiger charge is 2.16. The number of hydrogen-bond acceptors (Lipinski definition) is 4. The second kappa shape index (κ2) is 5.59. The Hall–Kier alpha value is -1.44. The van der Waals surface area contributed by atoms with E-state index in [2.05, 4.69) is 5.32 Å². The van der Waals surface area contributed by atoms with Crippen LogP contribution in [0.4, 0.5) is 4.39 Å². The number of amides is 1. The molecule has 1 rings (SSSR count). The summed E-state index contributed by atoms with van der Waals surface area (Å²) in [6.45, 7) is -0.205. The number of halogens is 1. The first-order chi connectivity index (χ1) is 7.56. The Bertz CT molecular complexity index is 386. The van der Waals surface area contributed by atoms with Crippen molar-refractivity contribution in [2.75, 3.05) is 13.2 Å². The summed E-state index contributed by atoms with van der Waals surface area (Å²) in [5.41, 5.74) is -0.242. The van der Waals surface area contributed by atoms with Gasteiger partial charge >= 0.3 is 7.12 Å². The number of aliphatic hydroxyl groups excluding tert-OH is 1. The van der Waals surface area contributed by atoms with Crippen LogP contribution in [-0.4, -0.2) is 41.3 Å². The molecule has 0 aromatic heterocycles. The van der Waals surface area contributed by atoms with Crippen molar-refractivity contribution in [2.24, 2.45) is 0 Å². The molecule has 0 radical (unpaired) electrons. The summed E-state index contributed by atoms with van der Waals surface area (Å²) in [7, 11) is -1.77. The quantitative estimate of drug-likeness (QED) is 0.458. The molecule has 4 N–H and O–H groups in total. The van der Waals surface area contributed by atoms with Gasteiger partial charge in [0.2, 0.25) is 0 Å². The van der Waals surface area contributed by atoms with E-state index in [0.29, 0.717) is 0 Å². The number of aliphatic hydroxyl groups is 1. The van der Waals surface area contributed by atoms with Crippen LogP contribution in [0, 0.1) is 5.82 Å². The Morgan fingerprint density at radius 3 is 2.62 bits per heavy atom. The summed E-state index contributed by atoms with van der Waals surface area (Å²) in [5.74, 6) is -1.51. The summed E-state index contributed by atoms with van der Waals surface area (Å²) in [4.78, 5) is 11.3. The van der Waals surface area contributed by atoms with Gasteiger partial charge in [0.05, 0.1) is 12.2 Å². The maximum absolute atomic E-state index is 13.3. The van der Waals surface area contributed by atoms with Gasteiger partial charge in [-0.1, -0.05) is 6.07 Å². The molecule has 0 fully saturated rings. The van der Waals surface area contributed by atoms with Crippen molar-refractivity contribution in [2.45, 2.75) is 0 Å². The molecule has 0 aliphatic rings. The average molecular weight is 227 g/mol. The van der Waals surface area contributed by atoms with Crippen LogP contribution in [0.15, 0.2) is 18.2 Å². The molecule has 0 atom stereocenters. The molecule has 86 valence electrons. The first kappa shape index (κ1) is 12.6. The van der Waals surface area contributed by atoms with E-state index in [-0.39, 0.29) is 24.2 Å². The van der Waals surface area contributed by atoms with Gasteiger partial charge in [-0.2, -0.15) is 0 Å². The molecule has 1 aromatic carbocycles. The van der Waals surface area contributed by atoms with Crippen molar-refractivity contribution in [1.82, 2.24) is 5.32 Å². The maximum atomic E-state index is 13.3. The molecule has 1 aromatic rings. The lowest BCUT2D eigenvalue weighted by atomic mass is 9.80. The highest BCUT2D eigenvalue weighted by Crippen LogP contribution is 2.04. The second-order valence-electron chi connectivity index (χ2n) is 3.09. The minimum atomic E-state index is -1.77. The van der Waals surface area contributed by atoms with Crippen LogP contribution in [0.25, 0.3) is 0 Å². The lowest BCUT2D eigenvalue weighted by Gasteiger charge is -2.06. The van der Waals surface area contributed by atoms with Crippen LogP contribution in [-0.2, 0) is 0 Å². The average Bonchev–Trinajstić information content (AvgIpc) is 2.25. The van der Waals surface area contributed by atoms with E-state index in [1.165, 1.54) is 6.07 Å². The molecule has 0 saturated heterocycles. The minimum Gasteiger partial charge on any atom is -0.423 e. The number of hydrogen-bond donors (Lipinski definition) is 4. The molecule has 5 nitrogen and oxygen atoms in total. The van der Waals surface area contributed by atoms with Crippen molar-refractivity contribution < 1.29 is 24.3 Å². The molecule has 0 bridgehead atoms. The Morgan fingerprint density at radius 2 is 2.12 bits per heavy atom. The lowest BCUT2D eigenvalue weighted by molar-refractivity contribution is 0.0940. The van der Waals surface area contributed by atoms with Gasteiger partial charge in [0, 0.05) is 6.54 Å². The van der Waals surface area contributed by atoms with E-state index in [9.17, 15) is 9.18 Å². The molecule has 0 unspecified atom stereocenters. The predicted molar refractivity (Wildman–Crippen MR) is 55.6 cm³/mol. The molecule has 1 amide bonds. The van der Waals surface area contributed by atoms with Crippen molar-refractivity contribution in [3.05, 3.63) is 29.6 Å². The van der Waals surface area contributed by atoms with Gasteiger partial charge in [0.15, 0.2) is 0 Å². The highest BCUT2D eigenvalue weighted by molar-refractivity contribution is 6.58. The Morgan fingerprint density at radius 1 is 1.44 bits per heavy atom. The summed E-state index contributed by atoms with van der Waals surface area (Å²) in [5, 5.41) is 28.3. The van der Waals surface area contributed by atoms with Crippen LogP contribution in [0.3, 0.4) is 0 Å². The van der Waals surface area contributed by atoms with E-state index in [1.54, 1.807) is 0 Å². The van der Waals surface area contributed by atoms with Gasteiger partial charge in [-0.05, 0) is 17.6 Å². The fraction of sp³-hybridized carbons (Fsp3) is 0.222. The van der Waals surface area contributed by atoms with E-state index in [0.717, 1.165) is 12.1 Å². The van der Waals surface area contributed by atoms with Gasteiger partial charge in [-0.25, -0.2) is 4.39 Å². The van der Waals surface area contributed by atoms with Gasteiger partial charge in [-0.15, -0.1) is 0 Å². The molecular weight excluding hydrogens is 216 g/mol. The Kier molecular flexibility index (Phi) is 4.42. The van der Waals surface area contributed by atoms with Crippen molar-refractivity contribution >= 4 is 18.5 Å². The Balaban J connectivity index is 2.86. The molecular formula is C9H11BFNO4. The van der Waals surface area contributed by atoms with Crippen LogP contribution in [0.2, 0.25) is 0 Å². The normalized spacial score (nSPS) is 10.0. The third-order valence-corrected chi connectivity index (χ3v) is 1.93. The third-order valence-electron chi connectivity index (χ3n) is 1.93. The molecule has 0 aliphatic carbocycles. The monoisotopic (exact) mass is 227 g/mol. The van der Waals surface area contributed by atoms with Crippen molar-refractivity contribution in [3.8, 4) is 0 Å². The molecule has 16 heavy (non-hydrogen) atoms. The predicted octanol–water partition coefficient (Wildman–Crippen LogP) is -1.77. The van der Waals surface area contributed by atoms with Crippen LogP contribution in [0.1, 0.15) is 10.4 Å². The first-order valence-electron chi connectivity index (χ1n) is 4.61. The summed E-state index contributed by atoms with van der Waals surface area (Å²) < 4.78 is 13.3. The van der Waals surface area contributed by atoms with Gasteiger partial charge < -0.3 is 20.5 Å². The van der Waals surface area contributed by atoms with Gasteiger partial charge in [0.1, 0.15) is 5.82 Å². The standard InChI is InChI=1S/C9H11BFNO4/c11-8-5-6(10(15)16)1-2-7(8)9(14)12-3-4-13/h1-2,5,13,15-16H,3-4H2,(H,12,14). The van der Waals surface area contributed by atoms with E-state index < -0.39 is 18.8 Å². The SMILES string of the molecule is O=C(NCCO)c1ccc(B(O)O)cc1F. The molecule has 0 saturated carbocycles. The molecule has 7 heteroatoms. The summed E-state index contributed by atoms with van der Waals surface area (Å²) >= 11 is 0.